The quantitative estimate of drug-likeness (QED) is 0.650. The van der Waals surface area contributed by atoms with Crippen LogP contribution in [0.4, 0.5) is 0 Å². The van der Waals surface area contributed by atoms with Crippen LogP contribution in [0.2, 0.25) is 0 Å². The van der Waals surface area contributed by atoms with E-state index in [-0.39, 0.29) is 12.0 Å². The molecule has 0 saturated carbocycles. The fourth-order valence-corrected chi connectivity index (χ4v) is 2.35. The van der Waals surface area contributed by atoms with Crippen LogP contribution in [0.25, 0.3) is 11.6 Å². The van der Waals surface area contributed by atoms with E-state index in [0.717, 1.165) is 10.2 Å². The summed E-state index contributed by atoms with van der Waals surface area (Å²) in [6, 6.07) is 13.2. The lowest BCUT2D eigenvalue weighted by Gasteiger charge is -2.19. The lowest BCUT2D eigenvalue weighted by atomic mass is 10.1. The average Bonchev–Trinajstić information content (AvgIpc) is 3.04. The molecule has 0 radical (unpaired) electrons. The molecule has 0 spiro atoms. The van der Waals surface area contributed by atoms with E-state index < -0.39 is 0 Å². The van der Waals surface area contributed by atoms with E-state index in [1.165, 1.54) is 0 Å². The van der Waals surface area contributed by atoms with Gasteiger partial charge in [0.15, 0.2) is 6.10 Å². The summed E-state index contributed by atoms with van der Waals surface area (Å²) in [6.07, 6.45) is 1.40. The standard InChI is InChI=1S/C17H16BrN3O2/c1-11(2)15(22-13-8-6-12(18)7-9-13)16-20-17(23-21-16)14-5-3-4-10-19-14/h3-11,15H,1-2H3. The van der Waals surface area contributed by atoms with E-state index in [1.807, 2.05) is 42.5 Å². The number of pyridine rings is 1. The van der Waals surface area contributed by atoms with E-state index >= 15 is 0 Å². The molecule has 0 saturated heterocycles. The molecule has 23 heavy (non-hydrogen) atoms. The Kier molecular flexibility index (Phi) is 4.71. The summed E-state index contributed by atoms with van der Waals surface area (Å²) in [4.78, 5) is 8.66. The zero-order valence-corrected chi connectivity index (χ0v) is 14.4. The Morgan fingerprint density at radius 2 is 1.87 bits per heavy atom. The van der Waals surface area contributed by atoms with E-state index in [1.54, 1.807) is 6.20 Å². The highest BCUT2D eigenvalue weighted by atomic mass is 79.9. The molecule has 1 atom stereocenters. The van der Waals surface area contributed by atoms with E-state index in [2.05, 4.69) is 44.9 Å². The molecule has 1 unspecified atom stereocenters. The first kappa shape index (κ1) is 15.7. The van der Waals surface area contributed by atoms with Crippen LogP contribution in [0.3, 0.4) is 0 Å². The summed E-state index contributed by atoms with van der Waals surface area (Å²) in [7, 11) is 0. The minimum absolute atomic E-state index is 0.188. The van der Waals surface area contributed by atoms with E-state index in [9.17, 15) is 0 Å². The van der Waals surface area contributed by atoms with E-state index in [4.69, 9.17) is 9.26 Å². The Morgan fingerprint density at radius 3 is 2.52 bits per heavy atom. The van der Waals surface area contributed by atoms with Crippen molar-refractivity contribution in [3.05, 3.63) is 59.0 Å². The maximum atomic E-state index is 6.04. The predicted molar refractivity (Wildman–Crippen MR) is 89.9 cm³/mol. The molecule has 0 aliphatic heterocycles. The summed E-state index contributed by atoms with van der Waals surface area (Å²) < 4.78 is 12.4. The van der Waals surface area contributed by atoms with Crippen molar-refractivity contribution in [1.29, 1.82) is 0 Å². The normalized spacial score (nSPS) is 12.3. The molecule has 3 aromatic rings. The summed E-state index contributed by atoms with van der Waals surface area (Å²) in [5.74, 6) is 1.86. The van der Waals surface area contributed by atoms with Crippen molar-refractivity contribution >= 4 is 15.9 Å². The van der Waals surface area contributed by atoms with Crippen molar-refractivity contribution in [3.8, 4) is 17.3 Å². The Morgan fingerprint density at radius 1 is 1.09 bits per heavy atom. The third-order valence-electron chi connectivity index (χ3n) is 3.26. The van der Waals surface area contributed by atoms with Crippen LogP contribution in [0, 0.1) is 5.92 Å². The summed E-state index contributed by atoms with van der Waals surface area (Å²) in [5, 5.41) is 4.07. The van der Waals surface area contributed by atoms with Crippen LogP contribution in [0.15, 0.2) is 57.7 Å². The second-order valence-corrected chi connectivity index (χ2v) is 6.32. The van der Waals surface area contributed by atoms with Gasteiger partial charge in [0, 0.05) is 10.7 Å². The molecule has 2 aromatic heterocycles. The summed E-state index contributed by atoms with van der Waals surface area (Å²) in [5.41, 5.74) is 0.650. The molecule has 0 aliphatic rings. The molecule has 0 amide bonds. The zero-order chi connectivity index (χ0) is 16.2. The number of aromatic nitrogens is 3. The molecular weight excluding hydrogens is 358 g/mol. The highest BCUT2D eigenvalue weighted by Crippen LogP contribution is 2.28. The van der Waals surface area contributed by atoms with Crippen LogP contribution in [-0.2, 0) is 0 Å². The number of hydrogen-bond donors (Lipinski definition) is 0. The predicted octanol–water partition coefficient (Wildman–Crippen LogP) is 4.67. The van der Waals surface area contributed by atoms with Crippen LogP contribution >= 0.6 is 15.9 Å². The number of halogens is 1. The largest absolute Gasteiger partial charge is 0.482 e. The van der Waals surface area contributed by atoms with Crippen LogP contribution in [0.5, 0.6) is 5.75 Å². The number of ether oxygens (including phenoxy) is 1. The molecule has 0 aliphatic carbocycles. The molecule has 1 aromatic carbocycles. The maximum absolute atomic E-state index is 6.04. The first-order valence-corrected chi connectivity index (χ1v) is 8.10. The van der Waals surface area contributed by atoms with Gasteiger partial charge in [-0.1, -0.05) is 41.0 Å². The van der Waals surface area contributed by atoms with Gasteiger partial charge in [-0.05, 0) is 42.3 Å². The van der Waals surface area contributed by atoms with Gasteiger partial charge >= 0.3 is 0 Å². The van der Waals surface area contributed by atoms with Gasteiger partial charge in [0.2, 0.25) is 5.82 Å². The lowest BCUT2D eigenvalue weighted by Crippen LogP contribution is -2.15. The van der Waals surface area contributed by atoms with Gasteiger partial charge in [0.1, 0.15) is 11.4 Å². The zero-order valence-electron chi connectivity index (χ0n) is 12.8. The number of hydrogen-bond acceptors (Lipinski definition) is 5. The van der Waals surface area contributed by atoms with Crippen LogP contribution < -0.4 is 4.74 Å². The first-order valence-electron chi connectivity index (χ1n) is 7.30. The third-order valence-corrected chi connectivity index (χ3v) is 3.79. The molecular formula is C17H16BrN3O2. The van der Waals surface area contributed by atoms with Gasteiger partial charge in [-0.25, -0.2) is 0 Å². The molecule has 0 bridgehead atoms. The number of nitrogens with zero attached hydrogens (tertiary/aromatic N) is 3. The van der Waals surface area contributed by atoms with E-state index in [0.29, 0.717) is 17.4 Å². The van der Waals surface area contributed by atoms with Crippen molar-refractivity contribution in [2.24, 2.45) is 5.92 Å². The van der Waals surface area contributed by atoms with Gasteiger partial charge in [-0.2, -0.15) is 4.98 Å². The van der Waals surface area contributed by atoms with Gasteiger partial charge in [0.05, 0.1) is 0 Å². The highest BCUT2D eigenvalue weighted by Gasteiger charge is 2.24. The number of rotatable bonds is 5. The van der Waals surface area contributed by atoms with Crippen molar-refractivity contribution in [3.63, 3.8) is 0 Å². The Balaban J connectivity index is 1.84. The SMILES string of the molecule is CC(C)C(Oc1ccc(Br)cc1)c1noc(-c2ccccn2)n1. The molecule has 3 rings (SSSR count). The molecule has 118 valence electrons. The van der Waals surface area contributed by atoms with Crippen molar-refractivity contribution < 1.29 is 9.26 Å². The van der Waals surface area contributed by atoms with Crippen molar-refractivity contribution in [2.45, 2.75) is 20.0 Å². The second kappa shape index (κ2) is 6.91. The minimum atomic E-state index is -0.294. The van der Waals surface area contributed by atoms with Crippen molar-refractivity contribution in [2.75, 3.05) is 0 Å². The highest BCUT2D eigenvalue weighted by molar-refractivity contribution is 9.10. The van der Waals surface area contributed by atoms with Gasteiger partial charge in [0.25, 0.3) is 5.89 Å². The van der Waals surface area contributed by atoms with Gasteiger partial charge < -0.3 is 9.26 Å². The van der Waals surface area contributed by atoms with Gasteiger partial charge in [-0.15, -0.1) is 0 Å². The van der Waals surface area contributed by atoms with Crippen LogP contribution in [0.1, 0.15) is 25.8 Å². The van der Waals surface area contributed by atoms with Crippen molar-refractivity contribution in [1.82, 2.24) is 15.1 Å². The fraction of sp³-hybridized carbons (Fsp3) is 0.235. The molecule has 0 fully saturated rings. The minimum Gasteiger partial charge on any atom is -0.482 e. The fourth-order valence-electron chi connectivity index (χ4n) is 2.09. The average molecular weight is 374 g/mol. The molecule has 6 heteroatoms. The van der Waals surface area contributed by atoms with Crippen LogP contribution in [-0.4, -0.2) is 15.1 Å². The third kappa shape index (κ3) is 3.76. The monoisotopic (exact) mass is 373 g/mol. The lowest BCUT2D eigenvalue weighted by molar-refractivity contribution is 0.141. The molecule has 0 N–H and O–H groups in total. The Bertz CT molecular complexity index is 757. The number of benzene rings is 1. The summed E-state index contributed by atoms with van der Waals surface area (Å²) >= 11 is 3.41. The molecule has 5 nitrogen and oxygen atoms in total. The first-order chi connectivity index (χ1) is 11.1. The molecule has 2 heterocycles. The maximum Gasteiger partial charge on any atom is 0.276 e. The Labute approximate surface area is 142 Å². The topological polar surface area (TPSA) is 61.0 Å². The smallest absolute Gasteiger partial charge is 0.276 e. The van der Waals surface area contributed by atoms with Gasteiger partial charge in [-0.3, -0.25) is 4.98 Å². The summed E-state index contributed by atoms with van der Waals surface area (Å²) in [6.45, 7) is 4.11. The Hall–Kier alpha value is -2.21. The second-order valence-electron chi connectivity index (χ2n) is 5.41.